The number of anilines is 1. The fourth-order valence-corrected chi connectivity index (χ4v) is 3.98. The summed E-state index contributed by atoms with van der Waals surface area (Å²) in [5.41, 5.74) is 6.25. The quantitative estimate of drug-likeness (QED) is 0.737. The van der Waals surface area contributed by atoms with E-state index in [0.717, 1.165) is 19.3 Å². The van der Waals surface area contributed by atoms with Crippen molar-refractivity contribution >= 4 is 21.6 Å². The van der Waals surface area contributed by atoms with Crippen LogP contribution in [0.25, 0.3) is 0 Å². The molecule has 2 atom stereocenters. The van der Waals surface area contributed by atoms with Crippen molar-refractivity contribution in [2.45, 2.75) is 36.2 Å². The summed E-state index contributed by atoms with van der Waals surface area (Å²) in [6.07, 6.45) is 2.48. The maximum Gasteiger partial charge on any atom is 0.262 e. The number of amides is 1. The van der Waals surface area contributed by atoms with Gasteiger partial charge < -0.3 is 15.8 Å². The normalized spacial score (nSPS) is 25.1. The minimum atomic E-state index is -3.66. The van der Waals surface area contributed by atoms with Gasteiger partial charge in [-0.1, -0.05) is 6.42 Å². The van der Waals surface area contributed by atoms with Crippen molar-refractivity contribution < 1.29 is 17.9 Å². The van der Waals surface area contributed by atoms with Gasteiger partial charge in [-0.05, 0) is 31.0 Å². The molecule has 1 aliphatic heterocycles. The molecule has 3 rings (SSSR count). The van der Waals surface area contributed by atoms with Gasteiger partial charge in [-0.2, -0.15) is 0 Å². The Hall–Kier alpha value is -1.64. The molecule has 4 N–H and O–H groups in total. The zero-order chi connectivity index (χ0) is 15.0. The van der Waals surface area contributed by atoms with E-state index in [-0.39, 0.29) is 29.5 Å². The molecule has 0 bridgehead atoms. The van der Waals surface area contributed by atoms with Crippen LogP contribution in [0.5, 0.6) is 5.75 Å². The van der Waals surface area contributed by atoms with Crippen LogP contribution in [0.3, 0.4) is 0 Å². The predicted molar refractivity (Wildman–Crippen MR) is 76.5 cm³/mol. The molecule has 0 spiro atoms. The van der Waals surface area contributed by atoms with Gasteiger partial charge in [0.2, 0.25) is 10.0 Å². The van der Waals surface area contributed by atoms with Crippen LogP contribution in [0.15, 0.2) is 23.1 Å². The molecule has 1 aromatic carbocycles. The number of nitrogens with one attached hydrogen (secondary N) is 2. The SMILES string of the molecule is NC1CCCC1NS(=O)(=O)c1ccc2c(c1)NC(=O)CO2. The minimum absolute atomic E-state index is 0.0612. The lowest BCUT2D eigenvalue weighted by molar-refractivity contribution is -0.118. The zero-order valence-electron chi connectivity index (χ0n) is 11.3. The predicted octanol–water partition coefficient (Wildman–Crippen LogP) is 0.176. The number of carbonyl (C=O) groups excluding carboxylic acids is 1. The summed E-state index contributed by atoms with van der Waals surface area (Å²) >= 11 is 0. The highest BCUT2D eigenvalue weighted by atomic mass is 32.2. The summed E-state index contributed by atoms with van der Waals surface area (Å²) in [6.45, 7) is -0.0612. The number of benzene rings is 1. The summed E-state index contributed by atoms with van der Waals surface area (Å²) in [6, 6.07) is 4.00. The molecule has 114 valence electrons. The largest absolute Gasteiger partial charge is 0.482 e. The molecule has 1 aromatic rings. The van der Waals surface area contributed by atoms with Gasteiger partial charge >= 0.3 is 0 Å². The van der Waals surface area contributed by atoms with E-state index in [0.29, 0.717) is 11.4 Å². The second-order valence-electron chi connectivity index (χ2n) is 5.32. The Kier molecular flexibility index (Phi) is 3.60. The number of fused-ring (bicyclic) bond motifs is 1. The average Bonchev–Trinajstić information content (AvgIpc) is 2.82. The third kappa shape index (κ3) is 2.87. The van der Waals surface area contributed by atoms with Gasteiger partial charge in [0, 0.05) is 12.1 Å². The molecule has 1 aliphatic carbocycles. The van der Waals surface area contributed by atoms with E-state index >= 15 is 0 Å². The molecule has 0 saturated heterocycles. The molecule has 7 nitrogen and oxygen atoms in total. The molecule has 2 aliphatic rings. The third-order valence-electron chi connectivity index (χ3n) is 3.77. The van der Waals surface area contributed by atoms with Gasteiger partial charge in [-0.25, -0.2) is 13.1 Å². The Bertz CT molecular complexity index is 674. The lowest BCUT2D eigenvalue weighted by Crippen LogP contribution is -2.43. The molecular weight excluding hydrogens is 294 g/mol. The van der Waals surface area contributed by atoms with Crippen molar-refractivity contribution in [1.82, 2.24) is 4.72 Å². The lowest BCUT2D eigenvalue weighted by Gasteiger charge is -2.20. The Morgan fingerprint density at radius 3 is 2.86 bits per heavy atom. The van der Waals surface area contributed by atoms with Crippen molar-refractivity contribution in [1.29, 1.82) is 0 Å². The summed E-state index contributed by atoms with van der Waals surface area (Å²) in [5.74, 6) is 0.161. The fraction of sp³-hybridized carbons (Fsp3) is 0.462. The average molecular weight is 311 g/mol. The van der Waals surface area contributed by atoms with Crippen LogP contribution < -0.4 is 20.5 Å². The van der Waals surface area contributed by atoms with Crippen LogP contribution in [0.1, 0.15) is 19.3 Å². The lowest BCUT2D eigenvalue weighted by atomic mass is 10.2. The van der Waals surface area contributed by atoms with Gasteiger partial charge in [-0.15, -0.1) is 0 Å². The molecule has 0 aromatic heterocycles. The van der Waals surface area contributed by atoms with E-state index in [1.54, 1.807) is 0 Å². The molecule has 0 radical (unpaired) electrons. The maximum atomic E-state index is 12.4. The first-order chi connectivity index (χ1) is 9.95. The molecule has 1 fully saturated rings. The monoisotopic (exact) mass is 311 g/mol. The number of carbonyl (C=O) groups is 1. The topological polar surface area (TPSA) is 111 Å². The fourth-order valence-electron chi connectivity index (χ4n) is 2.63. The molecule has 8 heteroatoms. The van der Waals surface area contributed by atoms with Gasteiger partial charge in [0.1, 0.15) is 5.75 Å². The number of hydrogen-bond acceptors (Lipinski definition) is 5. The Morgan fingerprint density at radius 2 is 2.14 bits per heavy atom. The van der Waals surface area contributed by atoms with Gasteiger partial charge in [0.25, 0.3) is 5.91 Å². The van der Waals surface area contributed by atoms with Crippen LogP contribution >= 0.6 is 0 Å². The van der Waals surface area contributed by atoms with Gasteiger partial charge in [0.05, 0.1) is 10.6 Å². The van der Waals surface area contributed by atoms with Crippen LogP contribution in [0, 0.1) is 0 Å². The number of sulfonamides is 1. The van der Waals surface area contributed by atoms with E-state index < -0.39 is 10.0 Å². The summed E-state index contributed by atoms with van der Waals surface area (Å²) in [5, 5.41) is 2.59. The van der Waals surface area contributed by atoms with Gasteiger partial charge in [0.15, 0.2) is 6.61 Å². The van der Waals surface area contributed by atoms with E-state index in [2.05, 4.69) is 10.0 Å². The van der Waals surface area contributed by atoms with Crippen molar-refractivity contribution in [3.63, 3.8) is 0 Å². The first-order valence-corrected chi connectivity index (χ1v) is 8.29. The highest BCUT2D eigenvalue weighted by Gasteiger charge is 2.29. The van der Waals surface area contributed by atoms with Crippen LogP contribution in [0.2, 0.25) is 0 Å². The summed E-state index contributed by atoms with van der Waals surface area (Å²) < 4.78 is 32.6. The summed E-state index contributed by atoms with van der Waals surface area (Å²) in [7, 11) is -3.66. The van der Waals surface area contributed by atoms with E-state index in [4.69, 9.17) is 10.5 Å². The zero-order valence-corrected chi connectivity index (χ0v) is 12.2. The van der Waals surface area contributed by atoms with Crippen LogP contribution in [-0.2, 0) is 14.8 Å². The van der Waals surface area contributed by atoms with E-state index in [1.165, 1.54) is 18.2 Å². The van der Waals surface area contributed by atoms with E-state index in [9.17, 15) is 13.2 Å². The first-order valence-electron chi connectivity index (χ1n) is 6.80. The Morgan fingerprint density at radius 1 is 1.33 bits per heavy atom. The second kappa shape index (κ2) is 5.28. The van der Waals surface area contributed by atoms with Crippen molar-refractivity contribution in [3.05, 3.63) is 18.2 Å². The summed E-state index contributed by atoms with van der Waals surface area (Å²) in [4.78, 5) is 11.4. The second-order valence-corrected chi connectivity index (χ2v) is 7.03. The standard InChI is InChI=1S/C13H17N3O4S/c14-9-2-1-3-10(9)16-21(18,19)8-4-5-12-11(6-8)15-13(17)7-20-12/h4-6,9-10,16H,1-3,7,14H2,(H,15,17). The van der Waals surface area contributed by atoms with Crippen molar-refractivity contribution in [2.24, 2.45) is 5.73 Å². The molecule has 2 unspecified atom stereocenters. The third-order valence-corrected chi connectivity index (χ3v) is 5.26. The number of hydrogen-bond donors (Lipinski definition) is 3. The molecule has 1 heterocycles. The highest BCUT2D eigenvalue weighted by molar-refractivity contribution is 7.89. The highest BCUT2D eigenvalue weighted by Crippen LogP contribution is 2.30. The van der Waals surface area contributed by atoms with Crippen LogP contribution in [0.4, 0.5) is 5.69 Å². The molecule has 1 amide bonds. The molecular formula is C13H17N3O4S. The Balaban J connectivity index is 1.85. The maximum absolute atomic E-state index is 12.4. The van der Waals surface area contributed by atoms with Crippen LogP contribution in [-0.4, -0.2) is 33.0 Å². The number of rotatable bonds is 3. The molecule has 21 heavy (non-hydrogen) atoms. The Labute approximate surface area is 122 Å². The number of ether oxygens (including phenoxy) is 1. The van der Waals surface area contributed by atoms with Crippen molar-refractivity contribution in [3.8, 4) is 5.75 Å². The van der Waals surface area contributed by atoms with E-state index in [1.807, 2.05) is 0 Å². The van der Waals surface area contributed by atoms with Gasteiger partial charge in [-0.3, -0.25) is 4.79 Å². The smallest absolute Gasteiger partial charge is 0.262 e. The van der Waals surface area contributed by atoms with Crippen molar-refractivity contribution in [2.75, 3.05) is 11.9 Å². The minimum Gasteiger partial charge on any atom is -0.482 e. The molecule has 1 saturated carbocycles. The number of nitrogens with two attached hydrogens (primary N) is 1. The first kappa shape index (κ1) is 14.3.